The predicted molar refractivity (Wildman–Crippen MR) is 373 cm³/mol. The van der Waals surface area contributed by atoms with Crippen molar-refractivity contribution >= 4 is 67.7 Å². The molecule has 1 saturated carbocycles. The normalized spacial score (nSPS) is 32.2. The number of H-pyrrole nitrogens is 1. The highest BCUT2D eigenvalue weighted by Gasteiger charge is 2.78. The topological polar surface area (TPSA) is 325 Å². The first kappa shape index (κ1) is 74.8. The van der Waals surface area contributed by atoms with Crippen LogP contribution in [0.4, 0.5) is 10.5 Å². The quantitative estimate of drug-likeness (QED) is 0.0205. The van der Waals surface area contributed by atoms with Crippen LogP contribution in [0.3, 0.4) is 0 Å². The maximum absolute atomic E-state index is 15.3. The molecule has 4 fully saturated rings. The summed E-state index contributed by atoms with van der Waals surface area (Å²) < 4.78 is 23.0. The van der Waals surface area contributed by atoms with Crippen LogP contribution < -0.4 is 25.6 Å². The molecule has 4 unspecified atom stereocenters. The number of Topliss-reactive ketones (excluding diaryl/α,β-unsaturated/α-hetero) is 2. The number of carbonyl (C=O) groups excluding carboxylic acids is 5. The number of aliphatic hydroxyl groups is 7. The number of ether oxygens (including phenoxy) is 4. The Labute approximate surface area is 578 Å². The van der Waals surface area contributed by atoms with E-state index in [1.807, 2.05) is 31.9 Å². The number of aromatic nitrogens is 1. The Kier molecular flexibility index (Phi) is 25.0. The van der Waals surface area contributed by atoms with Gasteiger partial charge in [-0.2, -0.15) is 0 Å². The fraction of sp³-hybridized carbons (Fsp3) is 0.708. The van der Waals surface area contributed by atoms with E-state index >= 15 is 4.79 Å². The highest BCUT2D eigenvalue weighted by Crippen LogP contribution is 2.68. The molecule has 7 aliphatic rings. The summed E-state index contributed by atoms with van der Waals surface area (Å²) in [7, 11) is 6.54. The molecular formula is C72H107N7O16S2. The predicted octanol–water partition coefficient (Wildman–Crippen LogP) is 5.46. The van der Waals surface area contributed by atoms with E-state index in [1.165, 1.54) is 32.5 Å². The van der Waals surface area contributed by atoms with Crippen LogP contribution in [0.25, 0.3) is 10.9 Å². The highest BCUT2D eigenvalue weighted by atomic mass is 33.1. The smallest absolute Gasteiger partial charge is 0.407 e. The number of fused-ring (bicyclic) bond motifs is 6. The summed E-state index contributed by atoms with van der Waals surface area (Å²) in [4.78, 5) is 78.6. The van der Waals surface area contributed by atoms with Crippen molar-refractivity contribution in [2.24, 2.45) is 11.3 Å². The number of likely N-dealkylation sites (N-methyl/N-ethyl adjacent to an activating group) is 1. The molecule has 2 bridgehead atoms. The molecule has 11 N–H and O–H groups in total. The number of methoxy groups -OCH3 is 1. The molecule has 10 rings (SSSR count). The van der Waals surface area contributed by atoms with Crippen LogP contribution in [-0.2, 0) is 50.6 Å². The molecule has 3 amide bonds. The zero-order valence-corrected chi connectivity index (χ0v) is 59.2. The Hall–Kier alpha value is -4.87. The zero-order valence-electron chi connectivity index (χ0n) is 57.6. The number of piperidine rings is 1. The standard InChI is InChI=1S/C72H107N7O16S2/c1-7-10-24-58(84)75-51(40-73-57(83)25-15-13-11-12-14-18-32-93-63-61(87)60(86)59(85)55(43-80)95-63)53(81)23-19-34-96-97-35-33-94-67(89)74-41-56(82)72(91)65-71(28-31-79-29-20-27-70(9-3,64(71)79)66(72)88)48-36-49(54(92-6)37-52(48)77(65)5)68(4)38-45-39-69(90,8-2)44-78(42-45)30-26-47-46-21-16-17-22-50(46)76-62(47)68/h16-17,20-22,27,36-37,45,51,55,59-61,63-66,76,80,85-88,90-91H,7-15,18-19,23-26,28-35,38-44H2,1-6H3,(H,73,83)(H,74,89)(H,75,84)/t45-,51-,55?,59?,60-,61+,63?,64-,65+,66+,68+,69-,70+,71+,72-/m0/s1. The Balaban J connectivity index is 0.721. The van der Waals surface area contributed by atoms with E-state index in [0.29, 0.717) is 88.3 Å². The number of nitrogens with zero attached hydrogens (tertiary/aromatic N) is 3. The Morgan fingerprint density at radius 1 is 0.825 bits per heavy atom. The SMILES string of the molecule is CCCCC(=O)N[C@@H](CNC(=O)CCCCCCCCOC1OC(CO)C(O)[C@H](O)[C@H]1O)C(=O)CCCSSCCOC(=O)NCC(=O)[C@@]1(O)[C@H](O)[C@]2(CC)C=CCN3CC[C@@]4(c5cc([C@@]6(C)C[C@@H]7CN(CCc8c6[nH]c6ccccc86)C[C@](O)(CC)C7)c(OC)cc5N(C)[C@@H]14)[C@@H]32. The van der Waals surface area contributed by atoms with Crippen molar-refractivity contribution in [1.29, 1.82) is 0 Å². The number of hydrogen-bond acceptors (Lipinski definition) is 21. The number of alkyl carbamates (subject to hydrolysis) is 1. The Morgan fingerprint density at radius 2 is 1.58 bits per heavy atom. The number of carbonyl (C=O) groups is 5. The number of para-hydroxylation sites is 1. The lowest BCUT2D eigenvalue weighted by Crippen LogP contribution is -2.81. The molecule has 0 radical (unpaired) electrons. The highest BCUT2D eigenvalue weighted by molar-refractivity contribution is 8.76. The van der Waals surface area contributed by atoms with Crippen molar-refractivity contribution in [3.05, 3.63) is 70.9 Å². The Bertz CT molecular complexity index is 3270. The summed E-state index contributed by atoms with van der Waals surface area (Å²) in [5, 5.41) is 87.7. The van der Waals surface area contributed by atoms with Gasteiger partial charge in [0.25, 0.3) is 0 Å². The lowest BCUT2D eigenvalue weighted by molar-refractivity contribution is -0.301. The van der Waals surface area contributed by atoms with Crippen LogP contribution in [0.1, 0.15) is 159 Å². The number of hydrogen-bond donors (Lipinski definition) is 11. The number of benzene rings is 2. The number of aromatic amines is 1. The number of amides is 3. The van der Waals surface area contributed by atoms with Crippen molar-refractivity contribution in [2.75, 3.05) is 96.2 Å². The summed E-state index contributed by atoms with van der Waals surface area (Å²) in [6.45, 7) is 11.1. The molecule has 6 aliphatic heterocycles. The molecule has 1 spiro atoms. The van der Waals surface area contributed by atoms with E-state index in [1.54, 1.807) is 7.11 Å². The number of ketones is 2. The molecule has 538 valence electrons. The third-order valence-electron chi connectivity index (χ3n) is 22.6. The van der Waals surface area contributed by atoms with Crippen molar-refractivity contribution < 1.29 is 78.7 Å². The van der Waals surface area contributed by atoms with Crippen LogP contribution in [0.2, 0.25) is 0 Å². The molecule has 2 aromatic carbocycles. The molecule has 1 aromatic heterocycles. The molecule has 7 heterocycles. The second-order valence-corrected chi connectivity index (χ2v) is 31.4. The second kappa shape index (κ2) is 32.4. The monoisotopic (exact) mass is 1390 g/mol. The third-order valence-corrected chi connectivity index (χ3v) is 25.0. The molecule has 1 aliphatic carbocycles. The van der Waals surface area contributed by atoms with Gasteiger partial charge in [0.05, 0.1) is 31.9 Å². The average molecular weight is 1390 g/mol. The minimum Gasteiger partial charge on any atom is -0.496 e. The summed E-state index contributed by atoms with van der Waals surface area (Å²) in [5.74, 6) is 0.425. The van der Waals surface area contributed by atoms with Gasteiger partial charge in [-0.15, -0.1) is 0 Å². The van der Waals surface area contributed by atoms with Gasteiger partial charge in [-0.05, 0) is 107 Å². The molecule has 97 heavy (non-hydrogen) atoms. The van der Waals surface area contributed by atoms with Crippen molar-refractivity contribution in [2.45, 2.75) is 220 Å². The maximum atomic E-state index is 15.3. The number of rotatable bonds is 33. The molecule has 25 heteroatoms. The van der Waals surface area contributed by atoms with Crippen LogP contribution in [-0.4, -0.2) is 237 Å². The van der Waals surface area contributed by atoms with E-state index in [-0.39, 0.29) is 68.6 Å². The van der Waals surface area contributed by atoms with Crippen molar-refractivity contribution in [3.63, 3.8) is 0 Å². The summed E-state index contributed by atoms with van der Waals surface area (Å²) in [6.07, 6.45) is 6.37. The van der Waals surface area contributed by atoms with E-state index in [2.05, 4.69) is 87.1 Å². The van der Waals surface area contributed by atoms with Gasteiger partial charge < -0.3 is 80.5 Å². The van der Waals surface area contributed by atoms with E-state index in [9.17, 15) is 54.9 Å². The molecule has 3 saturated heterocycles. The van der Waals surface area contributed by atoms with Gasteiger partial charge in [-0.3, -0.25) is 29.0 Å². The maximum Gasteiger partial charge on any atom is 0.407 e. The fourth-order valence-electron chi connectivity index (χ4n) is 17.7. The molecule has 3 aromatic rings. The average Bonchev–Trinajstić information content (AvgIpc) is 1.51. The van der Waals surface area contributed by atoms with Gasteiger partial charge in [0.2, 0.25) is 11.8 Å². The second-order valence-electron chi connectivity index (χ2n) is 28.7. The van der Waals surface area contributed by atoms with Gasteiger partial charge in [-0.1, -0.05) is 105 Å². The Morgan fingerprint density at radius 3 is 2.33 bits per heavy atom. The van der Waals surface area contributed by atoms with E-state index in [4.69, 9.17) is 18.9 Å². The van der Waals surface area contributed by atoms with Gasteiger partial charge in [-0.25, -0.2) is 4.79 Å². The van der Waals surface area contributed by atoms with Crippen LogP contribution in [0.5, 0.6) is 5.75 Å². The van der Waals surface area contributed by atoms with E-state index in [0.717, 1.165) is 86.1 Å². The summed E-state index contributed by atoms with van der Waals surface area (Å²) in [5.41, 5.74) is 0.433. The van der Waals surface area contributed by atoms with Crippen LogP contribution >= 0.6 is 21.6 Å². The largest absolute Gasteiger partial charge is 0.496 e. The van der Waals surface area contributed by atoms with Crippen LogP contribution in [0.15, 0.2) is 48.6 Å². The minimum atomic E-state index is -2.38. The summed E-state index contributed by atoms with van der Waals surface area (Å²) in [6, 6.07) is 10.7. The first-order chi connectivity index (χ1) is 46.6. The number of anilines is 1. The van der Waals surface area contributed by atoms with Gasteiger partial charge in [0.15, 0.2) is 23.5 Å². The van der Waals surface area contributed by atoms with Gasteiger partial charge in [0, 0.05) is 133 Å². The summed E-state index contributed by atoms with van der Waals surface area (Å²) >= 11 is 0. The zero-order chi connectivity index (χ0) is 69.5. The third kappa shape index (κ3) is 15.2. The van der Waals surface area contributed by atoms with Gasteiger partial charge in [0.1, 0.15) is 48.9 Å². The lowest BCUT2D eigenvalue weighted by Gasteiger charge is -2.63. The van der Waals surface area contributed by atoms with Gasteiger partial charge >= 0.3 is 6.09 Å². The number of aliphatic hydroxyl groups excluding tert-OH is 5. The minimum absolute atomic E-state index is 0.00820. The van der Waals surface area contributed by atoms with Crippen LogP contribution in [0, 0.1) is 11.3 Å². The first-order valence-corrected chi connectivity index (χ1v) is 38.1. The van der Waals surface area contributed by atoms with Crippen molar-refractivity contribution in [1.82, 2.24) is 30.7 Å². The van der Waals surface area contributed by atoms with Crippen molar-refractivity contribution in [3.8, 4) is 5.75 Å². The number of unbranched alkanes of at least 4 members (excludes halogenated alkanes) is 6. The molecule has 23 nitrogen and oxygen atoms in total. The fourth-order valence-corrected chi connectivity index (χ4v) is 19.6. The number of nitrogens with one attached hydrogen (secondary N) is 4. The lowest BCUT2D eigenvalue weighted by atomic mass is 9.47. The first-order valence-electron chi connectivity index (χ1n) is 35.6. The molecular weight excluding hydrogens is 1280 g/mol. The molecule has 16 atom stereocenters. The van der Waals surface area contributed by atoms with E-state index < -0.39 is 101 Å².